The van der Waals surface area contributed by atoms with E-state index in [0.29, 0.717) is 11.3 Å². The number of aryl methyl sites for hydroxylation is 2. The molecule has 0 saturated heterocycles. The lowest BCUT2D eigenvalue weighted by atomic mass is 10.2. The fourth-order valence-electron chi connectivity index (χ4n) is 1.64. The number of hydrogen-bond donors (Lipinski definition) is 1. The van der Waals surface area contributed by atoms with E-state index < -0.39 is 22.6 Å². The number of halogens is 1. The molecule has 0 bridgehead atoms. The van der Waals surface area contributed by atoms with Crippen LogP contribution in [0.1, 0.15) is 11.4 Å². The Hall–Kier alpha value is -2.84. The summed E-state index contributed by atoms with van der Waals surface area (Å²) in [4.78, 5) is 25.2. The van der Waals surface area contributed by atoms with E-state index in [2.05, 4.69) is 15.4 Å². The first-order chi connectivity index (χ1) is 9.86. The van der Waals surface area contributed by atoms with Crippen LogP contribution in [0.2, 0.25) is 0 Å². The van der Waals surface area contributed by atoms with Crippen molar-refractivity contribution in [3.63, 3.8) is 0 Å². The monoisotopic (exact) mass is 293 g/mol. The molecule has 0 aliphatic carbocycles. The molecule has 2 rings (SSSR count). The van der Waals surface area contributed by atoms with E-state index in [1.807, 2.05) is 0 Å². The minimum absolute atomic E-state index is 0.243. The number of anilines is 1. The molecular formula is C12H12FN5O3. The first-order valence-corrected chi connectivity index (χ1v) is 5.98. The maximum atomic E-state index is 13.4. The van der Waals surface area contributed by atoms with E-state index in [4.69, 9.17) is 0 Å². The Morgan fingerprint density at radius 1 is 1.48 bits per heavy atom. The molecule has 21 heavy (non-hydrogen) atoms. The lowest BCUT2D eigenvalue weighted by Crippen LogP contribution is -2.20. The summed E-state index contributed by atoms with van der Waals surface area (Å²) < 4.78 is 14.5. The molecule has 0 radical (unpaired) electrons. The Morgan fingerprint density at radius 3 is 2.76 bits per heavy atom. The molecule has 9 heteroatoms. The second-order valence-corrected chi connectivity index (χ2v) is 4.39. The molecule has 0 aliphatic heterocycles. The largest absolute Gasteiger partial charge is 0.491 e. The molecule has 1 aromatic heterocycles. The third-order valence-electron chi connectivity index (χ3n) is 2.76. The van der Waals surface area contributed by atoms with Crippen LogP contribution in [0.25, 0.3) is 0 Å². The minimum Gasteiger partial charge on any atom is -0.390 e. The predicted molar refractivity (Wildman–Crippen MR) is 71.2 cm³/mol. The average molecular weight is 293 g/mol. The first-order valence-electron chi connectivity index (χ1n) is 5.98. The maximum Gasteiger partial charge on any atom is 0.491 e. The van der Waals surface area contributed by atoms with Gasteiger partial charge in [-0.15, -0.1) is 0 Å². The molecule has 0 fully saturated rings. The van der Waals surface area contributed by atoms with Crippen molar-refractivity contribution in [1.29, 1.82) is 0 Å². The second-order valence-electron chi connectivity index (χ2n) is 4.39. The van der Waals surface area contributed by atoms with Crippen molar-refractivity contribution in [3.05, 3.63) is 45.5 Å². The normalized spacial score (nSPS) is 10.4. The molecule has 8 nitrogen and oxygen atoms in total. The third kappa shape index (κ3) is 3.38. The van der Waals surface area contributed by atoms with Gasteiger partial charge in [-0.1, -0.05) is 6.07 Å². The van der Waals surface area contributed by atoms with Gasteiger partial charge in [-0.05, 0) is 34.5 Å². The zero-order valence-electron chi connectivity index (χ0n) is 11.3. The summed E-state index contributed by atoms with van der Waals surface area (Å²) in [6.07, 6.45) is 0. The summed E-state index contributed by atoms with van der Waals surface area (Å²) in [5, 5.41) is 16.6. The summed E-state index contributed by atoms with van der Waals surface area (Å²) in [7, 11) is 0. The van der Waals surface area contributed by atoms with E-state index in [9.17, 15) is 19.3 Å². The number of carbonyl (C=O) groups is 1. The number of nitro groups is 1. The van der Waals surface area contributed by atoms with Gasteiger partial charge in [0.25, 0.3) is 0 Å². The number of nitrogens with zero attached hydrogens (tertiary/aromatic N) is 4. The lowest BCUT2D eigenvalue weighted by molar-refractivity contribution is -0.394. The van der Waals surface area contributed by atoms with Crippen molar-refractivity contribution in [2.24, 2.45) is 0 Å². The van der Waals surface area contributed by atoms with Gasteiger partial charge in [0.05, 0.1) is 0 Å². The number of aromatic nitrogens is 3. The molecule has 0 aliphatic rings. The zero-order chi connectivity index (χ0) is 15.6. The zero-order valence-corrected chi connectivity index (χ0v) is 11.3. The molecule has 0 spiro atoms. The molecule has 1 amide bonds. The van der Waals surface area contributed by atoms with Crippen molar-refractivity contribution in [2.45, 2.75) is 20.4 Å². The Kier molecular flexibility index (Phi) is 3.92. The fraction of sp³-hybridized carbons (Fsp3) is 0.250. The van der Waals surface area contributed by atoms with E-state index in [1.165, 1.54) is 19.1 Å². The highest BCUT2D eigenvalue weighted by molar-refractivity contribution is 5.90. The van der Waals surface area contributed by atoms with Crippen molar-refractivity contribution in [3.8, 4) is 0 Å². The molecule has 0 atom stereocenters. The maximum absolute atomic E-state index is 13.4. The van der Waals surface area contributed by atoms with Crippen LogP contribution in [-0.2, 0) is 11.3 Å². The number of benzene rings is 1. The van der Waals surface area contributed by atoms with Crippen LogP contribution in [-0.4, -0.2) is 25.6 Å². The standard InChI is InChI=1S/C12H12FN5O3/c1-7-3-4-9(5-10(7)13)15-11(19)6-17-8(2)14-12(16-17)18(20)21/h3-5H,6H2,1-2H3,(H,15,19). The third-order valence-corrected chi connectivity index (χ3v) is 2.76. The van der Waals surface area contributed by atoms with Gasteiger partial charge in [0.2, 0.25) is 11.7 Å². The van der Waals surface area contributed by atoms with Crippen LogP contribution in [0.5, 0.6) is 0 Å². The van der Waals surface area contributed by atoms with Gasteiger partial charge in [-0.25, -0.2) is 4.39 Å². The van der Waals surface area contributed by atoms with Crippen LogP contribution in [0.4, 0.5) is 16.0 Å². The van der Waals surface area contributed by atoms with Crippen molar-refractivity contribution >= 4 is 17.5 Å². The molecule has 2 aromatic rings. The SMILES string of the molecule is Cc1ccc(NC(=O)Cn2nc([N+](=O)[O-])nc2C)cc1F. The number of carbonyl (C=O) groups excluding carboxylic acids is 1. The van der Waals surface area contributed by atoms with Gasteiger partial charge in [0, 0.05) is 17.7 Å². The van der Waals surface area contributed by atoms with Crippen LogP contribution < -0.4 is 5.32 Å². The van der Waals surface area contributed by atoms with Crippen LogP contribution >= 0.6 is 0 Å². The number of amides is 1. The molecule has 1 heterocycles. The minimum atomic E-state index is -0.739. The van der Waals surface area contributed by atoms with Crippen molar-refractivity contribution in [2.75, 3.05) is 5.32 Å². The van der Waals surface area contributed by atoms with E-state index in [1.54, 1.807) is 13.0 Å². The number of nitrogens with one attached hydrogen (secondary N) is 1. The Bertz CT molecular complexity index is 713. The lowest BCUT2D eigenvalue weighted by Gasteiger charge is -2.05. The van der Waals surface area contributed by atoms with E-state index >= 15 is 0 Å². The Morgan fingerprint density at radius 2 is 2.19 bits per heavy atom. The quantitative estimate of drug-likeness (QED) is 0.681. The Labute approximate surface area is 118 Å². The van der Waals surface area contributed by atoms with Gasteiger partial charge in [-0.2, -0.15) is 4.68 Å². The van der Waals surface area contributed by atoms with E-state index in [-0.39, 0.29) is 12.4 Å². The van der Waals surface area contributed by atoms with Crippen molar-refractivity contribution < 1.29 is 14.1 Å². The van der Waals surface area contributed by atoms with Gasteiger partial charge >= 0.3 is 5.95 Å². The predicted octanol–water partition coefficient (Wildman–Crippen LogP) is 1.58. The summed E-state index contributed by atoms with van der Waals surface area (Å²) in [5.74, 6) is -1.24. The van der Waals surface area contributed by atoms with Crippen LogP contribution in [0.15, 0.2) is 18.2 Å². The second kappa shape index (κ2) is 5.65. The summed E-state index contributed by atoms with van der Waals surface area (Å²) in [5.41, 5.74) is 0.770. The Balaban J connectivity index is 2.07. The molecule has 0 unspecified atom stereocenters. The van der Waals surface area contributed by atoms with Crippen LogP contribution in [0, 0.1) is 29.8 Å². The smallest absolute Gasteiger partial charge is 0.390 e. The number of rotatable bonds is 4. The summed E-state index contributed by atoms with van der Waals surface area (Å²) >= 11 is 0. The molecular weight excluding hydrogens is 281 g/mol. The van der Waals surface area contributed by atoms with Crippen molar-refractivity contribution in [1.82, 2.24) is 14.8 Å². The van der Waals surface area contributed by atoms with Gasteiger partial charge in [0.15, 0.2) is 0 Å². The molecule has 110 valence electrons. The molecule has 1 aromatic carbocycles. The summed E-state index contributed by atoms with van der Waals surface area (Å²) in [6.45, 7) is 2.86. The molecule has 0 saturated carbocycles. The highest BCUT2D eigenvalue weighted by Gasteiger charge is 2.20. The topological polar surface area (TPSA) is 103 Å². The van der Waals surface area contributed by atoms with Gasteiger partial charge < -0.3 is 15.4 Å². The van der Waals surface area contributed by atoms with E-state index in [0.717, 1.165) is 4.68 Å². The number of hydrogen-bond acceptors (Lipinski definition) is 5. The molecule has 1 N–H and O–H groups in total. The van der Waals surface area contributed by atoms with Gasteiger partial charge in [-0.3, -0.25) is 4.79 Å². The fourth-order valence-corrected chi connectivity index (χ4v) is 1.64. The highest BCUT2D eigenvalue weighted by atomic mass is 19.1. The van der Waals surface area contributed by atoms with Gasteiger partial charge in [0.1, 0.15) is 12.4 Å². The summed E-state index contributed by atoms with van der Waals surface area (Å²) in [6, 6.07) is 4.30. The van der Waals surface area contributed by atoms with Crippen LogP contribution in [0.3, 0.4) is 0 Å². The highest BCUT2D eigenvalue weighted by Crippen LogP contribution is 2.13. The average Bonchev–Trinajstić information content (AvgIpc) is 2.76. The first kappa shape index (κ1) is 14.6.